The predicted molar refractivity (Wildman–Crippen MR) is 69.6 cm³/mol. The molecule has 0 fully saturated rings. The molecule has 18 heavy (non-hydrogen) atoms. The van der Waals surface area contributed by atoms with Crippen LogP contribution in [0.4, 0.5) is 5.82 Å². The van der Waals surface area contributed by atoms with Crippen LogP contribution < -0.4 is 16.4 Å². The molecule has 0 aliphatic rings. The maximum atomic E-state index is 11.8. The third-order valence-electron chi connectivity index (χ3n) is 2.07. The lowest BCUT2D eigenvalue weighted by Crippen LogP contribution is -2.28. The van der Waals surface area contributed by atoms with E-state index >= 15 is 0 Å². The molecule has 98 valence electrons. The summed E-state index contributed by atoms with van der Waals surface area (Å²) in [6, 6.07) is 3.05. The minimum Gasteiger partial charge on any atom is -0.370 e. The summed E-state index contributed by atoms with van der Waals surface area (Å²) >= 11 is 5.81. The van der Waals surface area contributed by atoms with Gasteiger partial charge in [0.2, 0.25) is 5.91 Å². The lowest BCUT2D eigenvalue weighted by atomic mass is 10.2. The largest absolute Gasteiger partial charge is 0.370 e. The van der Waals surface area contributed by atoms with Gasteiger partial charge in [-0.3, -0.25) is 9.59 Å². The predicted octanol–water partition coefficient (Wildman–Crippen LogP) is 0.772. The van der Waals surface area contributed by atoms with Crippen LogP contribution in [0, 0.1) is 0 Å². The Balaban J connectivity index is 2.69. The SMILES string of the molecule is CCNc1cc(C(=O)NCCC(N)=O)cc(Cl)n1. The number of amides is 2. The van der Waals surface area contributed by atoms with Gasteiger partial charge in [0, 0.05) is 25.1 Å². The number of nitrogens with two attached hydrogens (primary N) is 1. The molecular weight excluding hydrogens is 256 g/mol. The van der Waals surface area contributed by atoms with E-state index in [0.29, 0.717) is 17.9 Å². The van der Waals surface area contributed by atoms with Gasteiger partial charge in [0.25, 0.3) is 5.91 Å². The second kappa shape index (κ2) is 6.80. The zero-order valence-electron chi connectivity index (χ0n) is 10.00. The number of carbonyl (C=O) groups is 2. The van der Waals surface area contributed by atoms with E-state index < -0.39 is 5.91 Å². The van der Waals surface area contributed by atoms with Crippen molar-refractivity contribution < 1.29 is 9.59 Å². The van der Waals surface area contributed by atoms with Gasteiger partial charge in [0.05, 0.1) is 0 Å². The summed E-state index contributed by atoms with van der Waals surface area (Å²) in [5.74, 6) is -0.249. The molecule has 1 rings (SSSR count). The van der Waals surface area contributed by atoms with Gasteiger partial charge in [-0.15, -0.1) is 0 Å². The fraction of sp³-hybridized carbons (Fsp3) is 0.364. The minimum absolute atomic E-state index is 0.102. The summed E-state index contributed by atoms with van der Waals surface area (Å²) in [4.78, 5) is 26.3. The van der Waals surface area contributed by atoms with Crippen LogP contribution in [0.5, 0.6) is 0 Å². The molecule has 0 aliphatic heterocycles. The summed E-state index contributed by atoms with van der Waals surface area (Å²) in [6.07, 6.45) is 0.102. The first-order valence-corrected chi connectivity index (χ1v) is 5.88. The van der Waals surface area contributed by atoms with E-state index in [9.17, 15) is 9.59 Å². The van der Waals surface area contributed by atoms with Crippen molar-refractivity contribution >= 4 is 29.2 Å². The number of hydrogen-bond donors (Lipinski definition) is 3. The van der Waals surface area contributed by atoms with Crippen LogP contribution in [0.25, 0.3) is 0 Å². The Hall–Kier alpha value is -1.82. The molecular formula is C11H15ClN4O2. The van der Waals surface area contributed by atoms with Gasteiger partial charge in [-0.05, 0) is 19.1 Å². The maximum absolute atomic E-state index is 11.8. The molecule has 4 N–H and O–H groups in total. The summed E-state index contributed by atoms with van der Waals surface area (Å²) in [5, 5.41) is 5.77. The zero-order valence-corrected chi connectivity index (χ0v) is 10.8. The van der Waals surface area contributed by atoms with E-state index in [1.807, 2.05) is 6.92 Å². The van der Waals surface area contributed by atoms with Crippen molar-refractivity contribution in [3.05, 3.63) is 22.8 Å². The Morgan fingerprint density at radius 2 is 2.17 bits per heavy atom. The van der Waals surface area contributed by atoms with Crippen LogP contribution in [0.2, 0.25) is 5.15 Å². The summed E-state index contributed by atoms with van der Waals surface area (Å²) in [7, 11) is 0. The lowest BCUT2D eigenvalue weighted by Gasteiger charge is -2.07. The number of carbonyl (C=O) groups excluding carboxylic acids is 2. The Labute approximate surface area is 110 Å². The molecule has 0 atom stereocenters. The molecule has 0 spiro atoms. The highest BCUT2D eigenvalue weighted by atomic mass is 35.5. The molecule has 0 unspecified atom stereocenters. The maximum Gasteiger partial charge on any atom is 0.251 e. The van der Waals surface area contributed by atoms with Gasteiger partial charge in [0.1, 0.15) is 11.0 Å². The molecule has 7 heteroatoms. The van der Waals surface area contributed by atoms with Crippen LogP contribution in [0.15, 0.2) is 12.1 Å². The number of rotatable bonds is 6. The number of hydrogen-bond acceptors (Lipinski definition) is 4. The molecule has 2 amide bonds. The molecule has 6 nitrogen and oxygen atoms in total. The van der Waals surface area contributed by atoms with Crippen molar-refractivity contribution in [2.24, 2.45) is 5.73 Å². The van der Waals surface area contributed by atoms with Gasteiger partial charge >= 0.3 is 0 Å². The number of anilines is 1. The number of pyridine rings is 1. The standard InChI is InChI=1S/C11H15ClN4O2/c1-2-14-10-6-7(5-8(12)16-10)11(18)15-4-3-9(13)17/h5-6H,2-4H2,1H3,(H2,13,17)(H,14,16)(H,15,18). The van der Waals surface area contributed by atoms with Crippen molar-refractivity contribution in [2.45, 2.75) is 13.3 Å². The molecule has 0 radical (unpaired) electrons. The van der Waals surface area contributed by atoms with Crippen molar-refractivity contribution in [1.29, 1.82) is 0 Å². The summed E-state index contributed by atoms with van der Waals surface area (Å²) < 4.78 is 0. The molecule has 0 aromatic carbocycles. The van der Waals surface area contributed by atoms with E-state index in [0.717, 1.165) is 0 Å². The average Bonchev–Trinajstić information content (AvgIpc) is 2.28. The van der Waals surface area contributed by atoms with Crippen LogP contribution >= 0.6 is 11.6 Å². The smallest absolute Gasteiger partial charge is 0.251 e. The van der Waals surface area contributed by atoms with Crippen LogP contribution in [0.3, 0.4) is 0 Å². The third kappa shape index (κ3) is 4.58. The number of nitrogens with one attached hydrogen (secondary N) is 2. The lowest BCUT2D eigenvalue weighted by molar-refractivity contribution is -0.117. The zero-order chi connectivity index (χ0) is 13.5. The second-order valence-corrected chi connectivity index (χ2v) is 3.95. The molecule has 1 aromatic rings. The van der Waals surface area contributed by atoms with Crippen molar-refractivity contribution in [3.8, 4) is 0 Å². The number of nitrogens with zero attached hydrogens (tertiary/aromatic N) is 1. The number of aromatic nitrogens is 1. The fourth-order valence-corrected chi connectivity index (χ4v) is 1.51. The van der Waals surface area contributed by atoms with Crippen molar-refractivity contribution in [2.75, 3.05) is 18.4 Å². The monoisotopic (exact) mass is 270 g/mol. The van der Waals surface area contributed by atoms with Crippen LogP contribution in [0.1, 0.15) is 23.7 Å². The van der Waals surface area contributed by atoms with Gasteiger partial charge in [-0.1, -0.05) is 11.6 Å². The highest BCUT2D eigenvalue weighted by Crippen LogP contribution is 2.14. The topological polar surface area (TPSA) is 97.1 Å². The summed E-state index contributed by atoms with van der Waals surface area (Å²) in [5.41, 5.74) is 5.36. The molecule has 0 bridgehead atoms. The van der Waals surface area contributed by atoms with E-state index in [-0.39, 0.29) is 24.0 Å². The van der Waals surface area contributed by atoms with E-state index in [2.05, 4.69) is 15.6 Å². The van der Waals surface area contributed by atoms with Crippen LogP contribution in [-0.4, -0.2) is 29.9 Å². The first kappa shape index (κ1) is 14.2. The Morgan fingerprint density at radius 1 is 1.44 bits per heavy atom. The van der Waals surface area contributed by atoms with E-state index in [4.69, 9.17) is 17.3 Å². The molecule has 0 aliphatic carbocycles. The Bertz CT molecular complexity index is 451. The third-order valence-corrected chi connectivity index (χ3v) is 2.26. The first-order valence-electron chi connectivity index (χ1n) is 5.51. The Kier molecular flexibility index (Phi) is 5.38. The van der Waals surface area contributed by atoms with Gasteiger partial charge in [-0.25, -0.2) is 4.98 Å². The van der Waals surface area contributed by atoms with E-state index in [1.165, 1.54) is 6.07 Å². The highest BCUT2D eigenvalue weighted by Gasteiger charge is 2.09. The molecule has 1 heterocycles. The summed E-state index contributed by atoms with van der Waals surface area (Å²) in [6.45, 7) is 2.79. The second-order valence-electron chi connectivity index (χ2n) is 3.57. The van der Waals surface area contributed by atoms with Gasteiger partial charge in [0.15, 0.2) is 0 Å². The normalized spacial score (nSPS) is 9.89. The van der Waals surface area contributed by atoms with Crippen molar-refractivity contribution in [3.63, 3.8) is 0 Å². The van der Waals surface area contributed by atoms with Gasteiger partial charge < -0.3 is 16.4 Å². The van der Waals surface area contributed by atoms with Gasteiger partial charge in [-0.2, -0.15) is 0 Å². The first-order chi connectivity index (χ1) is 8.52. The fourth-order valence-electron chi connectivity index (χ4n) is 1.30. The molecule has 0 saturated heterocycles. The van der Waals surface area contributed by atoms with Crippen LogP contribution in [-0.2, 0) is 4.79 Å². The highest BCUT2D eigenvalue weighted by molar-refractivity contribution is 6.29. The minimum atomic E-state index is -0.462. The molecule has 1 aromatic heterocycles. The quantitative estimate of drug-likeness (QED) is 0.665. The molecule has 0 saturated carbocycles. The van der Waals surface area contributed by atoms with Crippen molar-refractivity contribution in [1.82, 2.24) is 10.3 Å². The number of primary amides is 1. The van der Waals surface area contributed by atoms with E-state index in [1.54, 1.807) is 6.07 Å². The average molecular weight is 271 g/mol. The Morgan fingerprint density at radius 3 is 2.78 bits per heavy atom. The number of halogens is 1.